The Bertz CT molecular complexity index is 582. The van der Waals surface area contributed by atoms with Crippen LogP contribution in [0, 0.1) is 0 Å². The predicted molar refractivity (Wildman–Crippen MR) is 58.3 cm³/mol. The Morgan fingerprint density at radius 2 is 2.23 bits per heavy atom. The summed E-state index contributed by atoms with van der Waals surface area (Å²) in [5.41, 5.74) is 5.26. The van der Waals surface area contributed by atoms with Crippen molar-refractivity contribution < 1.29 is 0 Å². The molecule has 0 bridgehead atoms. The maximum Gasteiger partial charge on any atom is 0.318 e. The van der Waals surface area contributed by atoms with Crippen LogP contribution in [-0.4, -0.2) is 12.7 Å². The van der Waals surface area contributed by atoms with Gasteiger partial charge in [0.15, 0.2) is 5.65 Å². The van der Waals surface area contributed by atoms with Crippen LogP contribution in [0.15, 0.2) is 9.59 Å². The number of aromatic amines is 1. The average molecular weight is 310 g/mol. The van der Waals surface area contributed by atoms with E-state index in [1.807, 2.05) is 0 Å². The molecule has 0 amide bonds. The molecule has 0 aliphatic rings. The Kier molecular flexibility index (Phi) is 1.87. The molecule has 0 saturated carbocycles. The fourth-order valence-electron chi connectivity index (χ4n) is 0.906. The predicted octanol–water partition coefficient (Wildman–Crippen LogP) is -0.0734. The van der Waals surface area contributed by atoms with Crippen molar-refractivity contribution in [1.82, 2.24) is 12.7 Å². The zero-order chi connectivity index (χ0) is 9.59. The van der Waals surface area contributed by atoms with Crippen molar-refractivity contribution in [3.63, 3.8) is 0 Å². The van der Waals surface area contributed by atoms with Crippen LogP contribution in [0.5, 0.6) is 0 Å². The van der Waals surface area contributed by atoms with Gasteiger partial charge in [-0.15, -0.1) is 0 Å². The van der Waals surface area contributed by atoms with Crippen molar-refractivity contribution in [2.24, 2.45) is 0 Å². The molecule has 0 unspecified atom stereocenters. The Morgan fingerprint density at radius 3 is 2.92 bits per heavy atom. The number of hydrogen-bond acceptors (Lipinski definition) is 5. The van der Waals surface area contributed by atoms with Gasteiger partial charge in [0, 0.05) is 0 Å². The van der Waals surface area contributed by atoms with Crippen LogP contribution >= 0.6 is 34.2 Å². The van der Waals surface area contributed by atoms with E-state index < -0.39 is 0 Å². The standard InChI is InChI=1S/C5H3IN4O2S/c6-10-2-1(13-5(10)12)3(11)9-4(7)8-2/h(H3,7,8,9,11). The van der Waals surface area contributed by atoms with Crippen molar-refractivity contribution in [3.8, 4) is 0 Å². The molecule has 8 heteroatoms. The van der Waals surface area contributed by atoms with E-state index in [1.165, 1.54) is 2.78 Å². The molecule has 0 spiro atoms. The van der Waals surface area contributed by atoms with Crippen LogP contribution in [-0.2, 0) is 0 Å². The van der Waals surface area contributed by atoms with Gasteiger partial charge in [-0.3, -0.25) is 14.6 Å². The number of nitrogens with two attached hydrogens (primary N) is 1. The number of fused-ring (bicyclic) bond motifs is 1. The second-order valence-corrected chi connectivity index (χ2v) is 4.18. The number of nitrogens with one attached hydrogen (secondary N) is 1. The van der Waals surface area contributed by atoms with Crippen molar-refractivity contribution in [3.05, 3.63) is 20.0 Å². The van der Waals surface area contributed by atoms with E-state index in [0.717, 1.165) is 11.3 Å². The molecule has 6 nitrogen and oxygen atoms in total. The van der Waals surface area contributed by atoms with E-state index in [1.54, 1.807) is 22.9 Å². The molecule has 0 aromatic carbocycles. The van der Waals surface area contributed by atoms with Gasteiger partial charge in [0.2, 0.25) is 5.95 Å². The summed E-state index contributed by atoms with van der Waals surface area (Å²) in [5, 5.41) is 0. The van der Waals surface area contributed by atoms with Gasteiger partial charge >= 0.3 is 4.87 Å². The largest absolute Gasteiger partial charge is 0.369 e. The second-order valence-electron chi connectivity index (χ2n) is 2.25. The molecular formula is C5H3IN4O2S. The minimum atomic E-state index is -0.375. The fourth-order valence-corrected chi connectivity index (χ4v) is 2.43. The number of nitrogen functional groups attached to an aromatic ring is 1. The summed E-state index contributed by atoms with van der Waals surface area (Å²) in [4.78, 5) is 28.3. The molecule has 0 aliphatic carbocycles. The van der Waals surface area contributed by atoms with Gasteiger partial charge in [-0.25, -0.2) is 2.78 Å². The zero-order valence-electron chi connectivity index (χ0n) is 6.07. The molecule has 2 aromatic heterocycles. The van der Waals surface area contributed by atoms with Gasteiger partial charge in [0.25, 0.3) is 5.56 Å². The quantitative estimate of drug-likeness (QED) is 0.666. The number of aromatic nitrogens is 3. The third kappa shape index (κ3) is 1.25. The minimum Gasteiger partial charge on any atom is -0.369 e. The number of halogens is 1. The lowest BCUT2D eigenvalue weighted by molar-refractivity contribution is 1.16. The van der Waals surface area contributed by atoms with E-state index in [4.69, 9.17) is 5.73 Å². The highest BCUT2D eigenvalue weighted by molar-refractivity contribution is 14.1. The molecule has 0 fully saturated rings. The minimum absolute atomic E-state index is 0.0146. The van der Waals surface area contributed by atoms with Gasteiger partial charge in [0.1, 0.15) is 4.70 Å². The lowest BCUT2D eigenvalue weighted by Crippen LogP contribution is -2.10. The van der Waals surface area contributed by atoms with Crippen molar-refractivity contribution in [2.75, 3.05) is 5.73 Å². The van der Waals surface area contributed by atoms with Crippen LogP contribution < -0.4 is 16.2 Å². The molecule has 0 atom stereocenters. The van der Waals surface area contributed by atoms with Gasteiger partial charge in [-0.1, -0.05) is 11.3 Å². The van der Waals surface area contributed by atoms with Gasteiger partial charge < -0.3 is 5.73 Å². The highest BCUT2D eigenvalue weighted by atomic mass is 127. The molecule has 0 saturated heterocycles. The molecule has 2 aromatic rings. The molecule has 2 heterocycles. The van der Waals surface area contributed by atoms with Gasteiger partial charge in [-0.2, -0.15) is 4.98 Å². The number of hydrogen-bond donors (Lipinski definition) is 2. The summed E-state index contributed by atoms with van der Waals surface area (Å²) in [6.45, 7) is 0. The monoisotopic (exact) mass is 310 g/mol. The summed E-state index contributed by atoms with van der Waals surface area (Å²) >= 11 is 2.63. The normalized spacial score (nSPS) is 10.8. The Hall–Kier alpha value is -0.900. The summed E-state index contributed by atoms with van der Waals surface area (Å²) < 4.78 is 1.57. The lowest BCUT2D eigenvalue weighted by Gasteiger charge is -1.92. The first kappa shape index (κ1) is 8.69. The third-order valence-corrected chi connectivity index (χ3v) is 3.56. The number of H-pyrrole nitrogens is 1. The number of anilines is 1. The van der Waals surface area contributed by atoms with Crippen LogP contribution in [0.4, 0.5) is 5.95 Å². The highest BCUT2D eigenvalue weighted by Crippen LogP contribution is 2.12. The molecule has 2 rings (SSSR count). The average Bonchev–Trinajstić information content (AvgIpc) is 2.32. The molecule has 3 N–H and O–H groups in total. The summed E-state index contributed by atoms with van der Waals surface area (Å²) in [6, 6.07) is 0. The van der Waals surface area contributed by atoms with Crippen LogP contribution in [0.25, 0.3) is 10.3 Å². The maximum absolute atomic E-state index is 11.2. The molecule has 13 heavy (non-hydrogen) atoms. The van der Waals surface area contributed by atoms with Crippen LogP contribution in [0.3, 0.4) is 0 Å². The lowest BCUT2D eigenvalue weighted by atomic mass is 10.6. The number of nitrogens with zero attached hydrogens (tertiary/aromatic N) is 2. The first-order valence-corrected chi connectivity index (χ1v) is 4.95. The van der Waals surface area contributed by atoms with E-state index in [-0.39, 0.29) is 16.4 Å². The first-order chi connectivity index (χ1) is 6.09. The Morgan fingerprint density at radius 1 is 1.54 bits per heavy atom. The van der Waals surface area contributed by atoms with Crippen LogP contribution in [0.2, 0.25) is 0 Å². The van der Waals surface area contributed by atoms with Crippen molar-refractivity contribution >= 4 is 50.5 Å². The van der Waals surface area contributed by atoms with Gasteiger partial charge in [-0.05, 0) is 0 Å². The Labute approximate surface area is 88.9 Å². The topological polar surface area (TPSA) is 93.8 Å². The Balaban J connectivity index is 3.12. The zero-order valence-corrected chi connectivity index (χ0v) is 9.05. The summed E-state index contributed by atoms with van der Waals surface area (Å²) in [6.07, 6.45) is 0. The molecule has 0 radical (unpaired) electrons. The number of rotatable bonds is 0. The van der Waals surface area contributed by atoms with E-state index in [9.17, 15) is 9.59 Å². The highest BCUT2D eigenvalue weighted by Gasteiger charge is 2.10. The van der Waals surface area contributed by atoms with E-state index in [0.29, 0.717) is 10.3 Å². The third-order valence-electron chi connectivity index (χ3n) is 1.41. The van der Waals surface area contributed by atoms with Crippen molar-refractivity contribution in [1.29, 1.82) is 0 Å². The SMILES string of the molecule is Nc1nc2c(sc(=O)n2I)c(=O)[nH]1. The molecule has 68 valence electrons. The summed E-state index contributed by atoms with van der Waals surface area (Å²) in [5.74, 6) is 0.0146. The second kappa shape index (κ2) is 2.80. The fraction of sp³-hybridized carbons (Fsp3) is 0. The maximum atomic E-state index is 11.2. The van der Waals surface area contributed by atoms with E-state index >= 15 is 0 Å². The smallest absolute Gasteiger partial charge is 0.318 e. The number of thiazole rings is 1. The van der Waals surface area contributed by atoms with Gasteiger partial charge in [0.05, 0.1) is 22.9 Å². The molecular weight excluding hydrogens is 307 g/mol. The van der Waals surface area contributed by atoms with E-state index in [2.05, 4.69) is 9.97 Å². The summed E-state index contributed by atoms with van der Waals surface area (Å²) in [7, 11) is 0. The van der Waals surface area contributed by atoms with Crippen LogP contribution in [0.1, 0.15) is 0 Å². The first-order valence-electron chi connectivity index (χ1n) is 3.17. The molecule has 0 aliphatic heterocycles. The van der Waals surface area contributed by atoms with Crippen molar-refractivity contribution in [2.45, 2.75) is 0 Å².